The van der Waals surface area contributed by atoms with Gasteiger partial charge in [-0.25, -0.2) is 0 Å². The van der Waals surface area contributed by atoms with Crippen molar-refractivity contribution < 1.29 is 14.3 Å². The SMILES string of the molecule is Cc1ccc(-c2cc(C(=O)CC(C)c3cnccn3)cc(N(C)C(=O)C3CCOCC3)c2)cc1. The summed E-state index contributed by atoms with van der Waals surface area (Å²) in [6.45, 7) is 5.24. The van der Waals surface area contributed by atoms with Gasteiger partial charge in [0.2, 0.25) is 5.91 Å². The number of ketones is 1. The van der Waals surface area contributed by atoms with Crippen molar-refractivity contribution in [1.82, 2.24) is 9.97 Å². The van der Waals surface area contributed by atoms with Crippen molar-refractivity contribution in [2.45, 2.75) is 39.0 Å². The van der Waals surface area contributed by atoms with Crippen molar-refractivity contribution in [2.24, 2.45) is 5.92 Å². The van der Waals surface area contributed by atoms with Gasteiger partial charge in [0.15, 0.2) is 5.78 Å². The van der Waals surface area contributed by atoms with E-state index >= 15 is 0 Å². The summed E-state index contributed by atoms with van der Waals surface area (Å²) in [5.74, 6) is -0.0390. The van der Waals surface area contributed by atoms with E-state index < -0.39 is 0 Å². The molecule has 0 saturated carbocycles. The number of nitrogens with zero attached hydrogens (tertiary/aromatic N) is 3. The van der Waals surface area contributed by atoms with Crippen molar-refractivity contribution in [3.63, 3.8) is 0 Å². The van der Waals surface area contributed by atoms with Crippen molar-refractivity contribution in [3.8, 4) is 11.1 Å². The Morgan fingerprint density at radius 1 is 1.06 bits per heavy atom. The van der Waals surface area contributed by atoms with Crippen LogP contribution in [-0.4, -0.2) is 41.9 Å². The molecular formula is C28H31N3O3. The molecule has 0 spiro atoms. The highest BCUT2D eigenvalue weighted by atomic mass is 16.5. The first kappa shape index (κ1) is 23.8. The number of carbonyl (C=O) groups excluding carboxylic acids is 2. The number of Topliss-reactive ketones (excluding diaryl/α,β-unsaturated/α-hetero) is 1. The number of amides is 1. The Bertz CT molecular complexity index is 1140. The van der Waals surface area contributed by atoms with Crippen LogP contribution >= 0.6 is 0 Å². The predicted molar refractivity (Wildman–Crippen MR) is 133 cm³/mol. The Hall–Kier alpha value is -3.38. The van der Waals surface area contributed by atoms with E-state index in [0.717, 1.165) is 35.3 Å². The Morgan fingerprint density at radius 2 is 1.79 bits per heavy atom. The third kappa shape index (κ3) is 5.57. The summed E-state index contributed by atoms with van der Waals surface area (Å²) in [6, 6.07) is 13.9. The van der Waals surface area contributed by atoms with E-state index in [9.17, 15) is 9.59 Å². The topological polar surface area (TPSA) is 72.4 Å². The van der Waals surface area contributed by atoms with Gasteiger partial charge in [0.1, 0.15) is 0 Å². The van der Waals surface area contributed by atoms with Crippen molar-refractivity contribution in [3.05, 3.63) is 77.9 Å². The molecule has 6 nitrogen and oxygen atoms in total. The fourth-order valence-corrected chi connectivity index (χ4v) is 4.29. The van der Waals surface area contributed by atoms with Gasteiger partial charge in [0.25, 0.3) is 0 Å². The minimum Gasteiger partial charge on any atom is -0.381 e. The standard InChI is InChI=1S/C28H31N3O3/c1-19-4-6-21(7-5-19)23-15-24(27(32)14-20(2)26-18-29-10-11-30-26)17-25(16-23)31(3)28(33)22-8-12-34-13-9-22/h4-7,10-11,15-18,20,22H,8-9,12-14H2,1-3H3. The summed E-state index contributed by atoms with van der Waals surface area (Å²) in [6.07, 6.45) is 6.73. The number of aryl methyl sites for hydroxylation is 1. The van der Waals surface area contributed by atoms with Crippen LogP contribution in [0, 0.1) is 12.8 Å². The molecule has 3 aromatic rings. The monoisotopic (exact) mass is 457 g/mol. The predicted octanol–water partition coefficient (Wildman–Crippen LogP) is 5.22. The summed E-state index contributed by atoms with van der Waals surface area (Å²) in [7, 11) is 1.79. The Kier molecular flexibility index (Phi) is 7.48. The molecule has 176 valence electrons. The number of benzene rings is 2. The van der Waals surface area contributed by atoms with Gasteiger partial charge in [-0.3, -0.25) is 19.6 Å². The van der Waals surface area contributed by atoms with Crippen LogP contribution in [0.5, 0.6) is 0 Å². The smallest absolute Gasteiger partial charge is 0.230 e. The molecule has 1 atom stereocenters. The number of aromatic nitrogens is 2. The van der Waals surface area contributed by atoms with Crippen LogP contribution in [0.1, 0.15) is 53.7 Å². The first-order valence-electron chi connectivity index (χ1n) is 11.8. The lowest BCUT2D eigenvalue weighted by molar-refractivity contribution is -0.124. The zero-order valence-electron chi connectivity index (χ0n) is 20.0. The molecular weight excluding hydrogens is 426 g/mol. The van der Waals surface area contributed by atoms with Crippen LogP contribution in [0.15, 0.2) is 61.1 Å². The third-order valence-corrected chi connectivity index (χ3v) is 6.49. The van der Waals surface area contributed by atoms with Gasteiger partial charge in [-0.2, -0.15) is 0 Å². The highest BCUT2D eigenvalue weighted by Crippen LogP contribution is 2.30. The van der Waals surface area contributed by atoms with Crippen LogP contribution in [0.25, 0.3) is 11.1 Å². The first-order chi connectivity index (χ1) is 16.4. The van der Waals surface area contributed by atoms with Gasteiger partial charge in [-0.05, 0) is 49.1 Å². The molecule has 0 N–H and O–H groups in total. The molecule has 4 rings (SSSR count). The van der Waals surface area contributed by atoms with Gasteiger partial charge in [-0.15, -0.1) is 0 Å². The van der Waals surface area contributed by atoms with E-state index in [2.05, 4.69) is 22.1 Å². The summed E-state index contributed by atoms with van der Waals surface area (Å²) in [5.41, 5.74) is 5.20. The lowest BCUT2D eigenvalue weighted by atomic mass is 9.93. The summed E-state index contributed by atoms with van der Waals surface area (Å²) in [5, 5.41) is 0. The van der Waals surface area contributed by atoms with Crippen molar-refractivity contribution in [1.29, 1.82) is 0 Å². The zero-order valence-corrected chi connectivity index (χ0v) is 20.0. The number of rotatable bonds is 7. The number of hydrogen-bond donors (Lipinski definition) is 0. The molecule has 1 amide bonds. The van der Waals surface area contributed by atoms with E-state index in [4.69, 9.17) is 4.74 Å². The van der Waals surface area contributed by atoms with Crippen LogP contribution in [-0.2, 0) is 9.53 Å². The summed E-state index contributed by atoms with van der Waals surface area (Å²) in [4.78, 5) is 36.7. The number of ether oxygens (including phenoxy) is 1. The Labute approximate surface area is 201 Å². The van der Waals surface area contributed by atoms with E-state index in [-0.39, 0.29) is 23.5 Å². The largest absolute Gasteiger partial charge is 0.381 e. The maximum Gasteiger partial charge on any atom is 0.230 e. The Morgan fingerprint density at radius 3 is 2.47 bits per heavy atom. The van der Waals surface area contributed by atoms with Gasteiger partial charge in [-0.1, -0.05) is 36.8 Å². The molecule has 6 heteroatoms. The second-order valence-electron chi connectivity index (χ2n) is 9.08. The summed E-state index contributed by atoms with van der Waals surface area (Å²) < 4.78 is 5.42. The minimum atomic E-state index is -0.0609. The average Bonchev–Trinajstić information content (AvgIpc) is 2.89. The van der Waals surface area contributed by atoms with Gasteiger partial charge in [0, 0.05) is 68.4 Å². The number of hydrogen-bond acceptors (Lipinski definition) is 5. The molecule has 2 heterocycles. The molecule has 1 fully saturated rings. The fourth-order valence-electron chi connectivity index (χ4n) is 4.29. The maximum atomic E-state index is 13.3. The van der Waals surface area contributed by atoms with Gasteiger partial charge >= 0.3 is 0 Å². The fraction of sp³-hybridized carbons (Fsp3) is 0.357. The highest BCUT2D eigenvalue weighted by molar-refractivity contribution is 6.01. The van der Waals surface area contributed by atoms with Crippen LogP contribution in [0.2, 0.25) is 0 Å². The van der Waals surface area contributed by atoms with E-state index in [1.54, 1.807) is 30.5 Å². The normalized spacial score (nSPS) is 15.0. The van der Waals surface area contributed by atoms with Crippen LogP contribution < -0.4 is 4.90 Å². The molecule has 1 unspecified atom stereocenters. The van der Waals surface area contributed by atoms with Gasteiger partial charge < -0.3 is 9.64 Å². The molecule has 34 heavy (non-hydrogen) atoms. The lowest BCUT2D eigenvalue weighted by Crippen LogP contribution is -2.36. The maximum absolute atomic E-state index is 13.3. The quantitative estimate of drug-likeness (QED) is 0.455. The zero-order chi connectivity index (χ0) is 24.1. The third-order valence-electron chi connectivity index (χ3n) is 6.49. The first-order valence-corrected chi connectivity index (χ1v) is 11.8. The molecule has 2 aromatic carbocycles. The number of carbonyl (C=O) groups is 2. The highest BCUT2D eigenvalue weighted by Gasteiger charge is 2.26. The van der Waals surface area contributed by atoms with E-state index in [0.29, 0.717) is 25.2 Å². The van der Waals surface area contributed by atoms with E-state index in [1.165, 1.54) is 5.56 Å². The second kappa shape index (κ2) is 10.7. The van der Waals surface area contributed by atoms with Crippen LogP contribution in [0.3, 0.4) is 0 Å². The molecule has 1 aliphatic rings. The van der Waals surface area contributed by atoms with E-state index in [1.807, 2.05) is 44.2 Å². The van der Waals surface area contributed by atoms with Gasteiger partial charge in [0.05, 0.1) is 5.69 Å². The number of anilines is 1. The van der Waals surface area contributed by atoms with Crippen LogP contribution in [0.4, 0.5) is 5.69 Å². The second-order valence-corrected chi connectivity index (χ2v) is 9.08. The molecule has 0 aliphatic carbocycles. The molecule has 0 bridgehead atoms. The average molecular weight is 458 g/mol. The van der Waals surface area contributed by atoms with Crippen molar-refractivity contribution in [2.75, 3.05) is 25.2 Å². The molecule has 1 aliphatic heterocycles. The minimum absolute atomic E-state index is 0.0141. The summed E-state index contributed by atoms with van der Waals surface area (Å²) >= 11 is 0. The molecule has 1 saturated heterocycles. The molecule has 0 radical (unpaired) electrons. The van der Waals surface area contributed by atoms with Crippen molar-refractivity contribution >= 4 is 17.4 Å². The lowest BCUT2D eigenvalue weighted by Gasteiger charge is -2.27. The molecule has 1 aromatic heterocycles. The Balaban J connectivity index is 1.66.